The van der Waals surface area contributed by atoms with Crippen LogP contribution in [0.5, 0.6) is 17.4 Å². The number of benzene rings is 1. The lowest BCUT2D eigenvalue weighted by Gasteiger charge is -2.07. The zero-order valence-corrected chi connectivity index (χ0v) is 10.9. The minimum absolute atomic E-state index is 0.0275. The molecular formula is C11H9Cl2N3O2. The lowest BCUT2D eigenvalue weighted by molar-refractivity contribution is 0.339. The third-order valence-electron chi connectivity index (χ3n) is 1.94. The molecule has 0 saturated heterocycles. The van der Waals surface area contributed by atoms with Gasteiger partial charge in [0.2, 0.25) is 10.4 Å². The molecule has 0 aliphatic rings. The standard InChI is InChI=1S/C11H9Cl2N3O2/c1-2-17-7-3-5-8(6-4-7)18-10-9(12)15-16-11(13)14-10/h3-6H,2H2,1H3. The van der Waals surface area contributed by atoms with E-state index < -0.39 is 0 Å². The first-order chi connectivity index (χ1) is 8.69. The zero-order valence-electron chi connectivity index (χ0n) is 9.43. The molecule has 0 spiro atoms. The van der Waals surface area contributed by atoms with Crippen molar-refractivity contribution >= 4 is 23.2 Å². The van der Waals surface area contributed by atoms with Crippen molar-refractivity contribution in [1.82, 2.24) is 15.2 Å². The van der Waals surface area contributed by atoms with Crippen LogP contribution in [-0.4, -0.2) is 21.8 Å². The van der Waals surface area contributed by atoms with Gasteiger partial charge in [-0.3, -0.25) is 0 Å². The average molecular weight is 286 g/mol. The van der Waals surface area contributed by atoms with Crippen LogP contribution in [0.2, 0.25) is 10.4 Å². The maximum Gasteiger partial charge on any atom is 0.262 e. The molecule has 0 bridgehead atoms. The number of hydrogen-bond donors (Lipinski definition) is 0. The molecule has 1 heterocycles. The smallest absolute Gasteiger partial charge is 0.262 e. The normalized spacial score (nSPS) is 10.2. The maximum absolute atomic E-state index is 5.78. The van der Waals surface area contributed by atoms with Gasteiger partial charge >= 0.3 is 0 Å². The Morgan fingerprint density at radius 3 is 2.39 bits per heavy atom. The van der Waals surface area contributed by atoms with Crippen molar-refractivity contribution in [2.45, 2.75) is 6.92 Å². The molecule has 0 aliphatic carbocycles. The quantitative estimate of drug-likeness (QED) is 0.862. The minimum atomic E-state index is -0.0275. The summed E-state index contributed by atoms with van der Waals surface area (Å²) >= 11 is 11.4. The molecular weight excluding hydrogens is 277 g/mol. The maximum atomic E-state index is 5.78. The summed E-state index contributed by atoms with van der Waals surface area (Å²) in [6.07, 6.45) is 0. The Hall–Kier alpha value is -1.59. The highest BCUT2D eigenvalue weighted by atomic mass is 35.5. The van der Waals surface area contributed by atoms with Gasteiger partial charge in [0.15, 0.2) is 0 Å². The van der Waals surface area contributed by atoms with E-state index in [0.29, 0.717) is 12.4 Å². The van der Waals surface area contributed by atoms with Crippen molar-refractivity contribution in [3.05, 3.63) is 34.7 Å². The summed E-state index contributed by atoms with van der Waals surface area (Å²) in [5, 5.41) is 7.11. The highest BCUT2D eigenvalue weighted by Crippen LogP contribution is 2.27. The summed E-state index contributed by atoms with van der Waals surface area (Å²) in [6, 6.07) is 7.03. The predicted molar refractivity (Wildman–Crippen MR) is 67.5 cm³/mol. The molecule has 0 saturated carbocycles. The van der Waals surface area contributed by atoms with E-state index >= 15 is 0 Å². The van der Waals surface area contributed by atoms with E-state index in [1.165, 1.54) is 0 Å². The second kappa shape index (κ2) is 5.84. The van der Waals surface area contributed by atoms with Crippen LogP contribution in [0.15, 0.2) is 24.3 Å². The molecule has 0 radical (unpaired) electrons. The Morgan fingerprint density at radius 2 is 1.72 bits per heavy atom. The molecule has 2 rings (SSSR count). The highest BCUT2D eigenvalue weighted by molar-refractivity contribution is 6.31. The van der Waals surface area contributed by atoms with E-state index in [0.717, 1.165) is 5.75 Å². The van der Waals surface area contributed by atoms with Gasteiger partial charge in [-0.05, 0) is 42.8 Å². The number of nitrogens with zero attached hydrogens (tertiary/aromatic N) is 3. The number of rotatable bonds is 4. The zero-order chi connectivity index (χ0) is 13.0. The van der Waals surface area contributed by atoms with Crippen LogP contribution in [-0.2, 0) is 0 Å². The molecule has 5 nitrogen and oxygen atoms in total. The number of ether oxygens (including phenoxy) is 2. The van der Waals surface area contributed by atoms with Gasteiger partial charge in [0, 0.05) is 0 Å². The van der Waals surface area contributed by atoms with Gasteiger partial charge in [-0.25, -0.2) is 0 Å². The lowest BCUT2D eigenvalue weighted by Crippen LogP contribution is -1.95. The van der Waals surface area contributed by atoms with E-state index in [4.69, 9.17) is 32.7 Å². The third-order valence-corrected chi connectivity index (χ3v) is 2.34. The topological polar surface area (TPSA) is 57.1 Å². The van der Waals surface area contributed by atoms with Crippen molar-refractivity contribution in [2.24, 2.45) is 0 Å². The van der Waals surface area contributed by atoms with Gasteiger partial charge < -0.3 is 9.47 Å². The van der Waals surface area contributed by atoms with Gasteiger partial charge in [0.1, 0.15) is 11.5 Å². The number of aromatic nitrogens is 3. The molecule has 0 N–H and O–H groups in total. The second-order valence-corrected chi connectivity index (χ2v) is 3.88. The molecule has 1 aromatic heterocycles. The largest absolute Gasteiger partial charge is 0.494 e. The monoisotopic (exact) mass is 285 g/mol. The molecule has 18 heavy (non-hydrogen) atoms. The Kier molecular flexibility index (Phi) is 4.17. The van der Waals surface area contributed by atoms with Gasteiger partial charge in [0.05, 0.1) is 6.61 Å². The first-order valence-electron chi connectivity index (χ1n) is 5.15. The van der Waals surface area contributed by atoms with Gasteiger partial charge in [0.25, 0.3) is 5.88 Å². The summed E-state index contributed by atoms with van der Waals surface area (Å²) in [6.45, 7) is 2.52. The fraction of sp³-hybridized carbons (Fsp3) is 0.182. The average Bonchev–Trinajstić information content (AvgIpc) is 2.37. The summed E-state index contributed by atoms with van der Waals surface area (Å²) in [5.74, 6) is 1.42. The van der Waals surface area contributed by atoms with Gasteiger partial charge in [-0.2, -0.15) is 4.98 Å². The molecule has 0 aliphatic heterocycles. The van der Waals surface area contributed by atoms with Crippen LogP contribution in [0.1, 0.15) is 6.92 Å². The first kappa shape index (κ1) is 12.9. The summed E-state index contributed by atoms with van der Waals surface area (Å²) < 4.78 is 10.8. The van der Waals surface area contributed by atoms with Crippen LogP contribution < -0.4 is 9.47 Å². The summed E-state index contributed by atoms with van der Waals surface area (Å²) in [4.78, 5) is 3.83. The van der Waals surface area contributed by atoms with Crippen LogP contribution in [0, 0.1) is 0 Å². The van der Waals surface area contributed by atoms with Crippen LogP contribution >= 0.6 is 23.2 Å². The molecule has 2 aromatic rings. The van der Waals surface area contributed by atoms with Crippen molar-refractivity contribution < 1.29 is 9.47 Å². The van der Waals surface area contributed by atoms with Crippen molar-refractivity contribution in [3.8, 4) is 17.4 Å². The van der Waals surface area contributed by atoms with E-state index in [2.05, 4.69) is 15.2 Å². The molecule has 1 aromatic carbocycles. The predicted octanol–water partition coefficient (Wildman–Crippen LogP) is 3.37. The number of hydrogen-bond acceptors (Lipinski definition) is 5. The Labute approximate surface area is 114 Å². The summed E-state index contributed by atoms with van der Waals surface area (Å²) in [7, 11) is 0. The summed E-state index contributed by atoms with van der Waals surface area (Å²) in [5.41, 5.74) is 0. The Balaban J connectivity index is 2.15. The lowest BCUT2D eigenvalue weighted by atomic mass is 10.3. The van der Waals surface area contributed by atoms with Crippen molar-refractivity contribution in [3.63, 3.8) is 0 Å². The second-order valence-electron chi connectivity index (χ2n) is 3.18. The van der Waals surface area contributed by atoms with Gasteiger partial charge in [-0.1, -0.05) is 11.6 Å². The van der Waals surface area contributed by atoms with Gasteiger partial charge in [-0.15, -0.1) is 10.2 Å². The van der Waals surface area contributed by atoms with Crippen LogP contribution in [0.3, 0.4) is 0 Å². The van der Waals surface area contributed by atoms with Crippen molar-refractivity contribution in [2.75, 3.05) is 6.61 Å². The molecule has 0 atom stereocenters. The van der Waals surface area contributed by atoms with E-state index in [1.807, 2.05) is 6.92 Å². The van der Waals surface area contributed by atoms with Crippen molar-refractivity contribution in [1.29, 1.82) is 0 Å². The Morgan fingerprint density at radius 1 is 1.06 bits per heavy atom. The first-order valence-corrected chi connectivity index (χ1v) is 5.91. The van der Waals surface area contributed by atoms with Crippen LogP contribution in [0.25, 0.3) is 0 Å². The Bertz CT molecular complexity index is 534. The van der Waals surface area contributed by atoms with E-state index in [1.54, 1.807) is 24.3 Å². The molecule has 0 amide bonds. The fourth-order valence-corrected chi connectivity index (χ4v) is 1.46. The highest BCUT2D eigenvalue weighted by Gasteiger charge is 2.08. The molecule has 0 fully saturated rings. The molecule has 0 unspecified atom stereocenters. The van der Waals surface area contributed by atoms with Crippen LogP contribution in [0.4, 0.5) is 0 Å². The third kappa shape index (κ3) is 3.21. The van der Waals surface area contributed by atoms with E-state index in [-0.39, 0.29) is 16.3 Å². The fourth-order valence-electron chi connectivity index (χ4n) is 1.23. The molecule has 7 heteroatoms. The minimum Gasteiger partial charge on any atom is -0.494 e. The van der Waals surface area contributed by atoms with E-state index in [9.17, 15) is 0 Å². The molecule has 94 valence electrons. The SMILES string of the molecule is CCOc1ccc(Oc2nc(Cl)nnc2Cl)cc1. The number of halogens is 2.